The van der Waals surface area contributed by atoms with Crippen LogP contribution in [0.15, 0.2) is 42.7 Å². The summed E-state index contributed by atoms with van der Waals surface area (Å²) in [6.45, 7) is 0. The van der Waals surface area contributed by atoms with Crippen molar-refractivity contribution in [1.29, 1.82) is 0 Å². The van der Waals surface area contributed by atoms with Crippen molar-refractivity contribution in [3.05, 3.63) is 48.3 Å². The molecule has 0 aliphatic carbocycles. The van der Waals surface area contributed by atoms with Crippen molar-refractivity contribution >= 4 is 16.9 Å². The van der Waals surface area contributed by atoms with Crippen LogP contribution in [0.5, 0.6) is 5.75 Å². The molecule has 0 aliphatic rings. The highest BCUT2D eigenvalue weighted by Gasteiger charge is 2.14. The van der Waals surface area contributed by atoms with Gasteiger partial charge < -0.3 is 14.8 Å². The van der Waals surface area contributed by atoms with E-state index in [0.29, 0.717) is 16.6 Å². The third-order valence-corrected chi connectivity index (χ3v) is 3.28. The Labute approximate surface area is 114 Å². The Morgan fingerprint density at radius 3 is 2.85 bits per heavy atom. The van der Waals surface area contributed by atoms with Crippen molar-refractivity contribution in [1.82, 2.24) is 9.55 Å². The zero-order chi connectivity index (χ0) is 14.3. The van der Waals surface area contributed by atoms with Gasteiger partial charge in [0.15, 0.2) is 0 Å². The molecule has 100 valence electrons. The second-order valence-corrected chi connectivity index (χ2v) is 4.56. The zero-order valence-corrected chi connectivity index (χ0v) is 10.7. The van der Waals surface area contributed by atoms with Crippen LogP contribution in [0.4, 0.5) is 0 Å². The van der Waals surface area contributed by atoms with Crippen LogP contribution in [0.1, 0.15) is 10.4 Å². The third kappa shape index (κ3) is 1.80. The summed E-state index contributed by atoms with van der Waals surface area (Å²) in [5.74, 6) is -0.848. The number of pyridine rings is 1. The fourth-order valence-corrected chi connectivity index (χ4v) is 2.33. The molecular weight excluding hydrogens is 256 g/mol. The lowest BCUT2D eigenvalue weighted by Gasteiger charge is -2.02. The number of aryl methyl sites for hydroxylation is 1. The summed E-state index contributed by atoms with van der Waals surface area (Å²) in [5.41, 5.74) is 2.27. The number of aromatic carboxylic acids is 1. The van der Waals surface area contributed by atoms with Gasteiger partial charge in [-0.2, -0.15) is 0 Å². The molecule has 0 saturated heterocycles. The van der Waals surface area contributed by atoms with Gasteiger partial charge in [-0.1, -0.05) is 6.07 Å². The highest BCUT2D eigenvalue weighted by molar-refractivity contribution is 6.00. The molecule has 0 aliphatic heterocycles. The molecule has 0 amide bonds. The molecule has 3 aromatic rings. The quantitative estimate of drug-likeness (QED) is 0.749. The lowest BCUT2D eigenvalue weighted by atomic mass is 10.1. The van der Waals surface area contributed by atoms with E-state index in [1.165, 1.54) is 18.3 Å². The lowest BCUT2D eigenvalue weighted by molar-refractivity contribution is 0.0697. The maximum absolute atomic E-state index is 11.0. The van der Waals surface area contributed by atoms with E-state index in [1.54, 1.807) is 12.1 Å². The van der Waals surface area contributed by atoms with E-state index in [-0.39, 0.29) is 11.3 Å². The first kappa shape index (κ1) is 12.2. The number of hydrogen-bond acceptors (Lipinski definition) is 3. The summed E-state index contributed by atoms with van der Waals surface area (Å²) in [6, 6.07) is 8.20. The summed E-state index contributed by atoms with van der Waals surface area (Å²) >= 11 is 0. The number of phenols is 1. The largest absolute Gasteiger partial charge is 0.507 e. The van der Waals surface area contributed by atoms with Crippen LogP contribution in [0, 0.1) is 0 Å². The summed E-state index contributed by atoms with van der Waals surface area (Å²) in [4.78, 5) is 15.2. The number of carboxylic acid groups (broad SMARTS) is 1. The minimum absolute atomic E-state index is 0.153. The van der Waals surface area contributed by atoms with Gasteiger partial charge >= 0.3 is 5.97 Å². The van der Waals surface area contributed by atoms with Gasteiger partial charge in [0, 0.05) is 25.0 Å². The molecule has 5 nitrogen and oxygen atoms in total. The van der Waals surface area contributed by atoms with Gasteiger partial charge in [-0.05, 0) is 24.3 Å². The minimum atomic E-state index is -1.00. The standard InChI is InChI=1S/C15H12N2O3/c1-17-8-10(14-12(17)3-2-4-13(14)18)11-7-9(15(19)20)5-6-16-11/h2-8,18H,1H3,(H,19,20). The predicted molar refractivity (Wildman–Crippen MR) is 74.8 cm³/mol. The van der Waals surface area contributed by atoms with Gasteiger partial charge in [0.1, 0.15) is 5.75 Å². The van der Waals surface area contributed by atoms with E-state index in [9.17, 15) is 9.90 Å². The molecule has 0 fully saturated rings. The smallest absolute Gasteiger partial charge is 0.335 e. The Morgan fingerprint density at radius 1 is 1.30 bits per heavy atom. The van der Waals surface area contributed by atoms with Gasteiger partial charge in [0.25, 0.3) is 0 Å². The molecule has 0 radical (unpaired) electrons. The summed E-state index contributed by atoms with van der Waals surface area (Å²) in [6.07, 6.45) is 3.29. The number of aromatic nitrogens is 2. The maximum atomic E-state index is 11.0. The maximum Gasteiger partial charge on any atom is 0.335 e. The van der Waals surface area contributed by atoms with E-state index in [2.05, 4.69) is 4.98 Å². The van der Waals surface area contributed by atoms with Crippen molar-refractivity contribution in [2.45, 2.75) is 0 Å². The van der Waals surface area contributed by atoms with Crippen LogP contribution < -0.4 is 0 Å². The first-order valence-corrected chi connectivity index (χ1v) is 6.04. The number of benzene rings is 1. The van der Waals surface area contributed by atoms with E-state index in [1.807, 2.05) is 23.9 Å². The highest BCUT2D eigenvalue weighted by Crippen LogP contribution is 2.35. The number of carboxylic acids is 1. The zero-order valence-electron chi connectivity index (χ0n) is 10.7. The molecule has 5 heteroatoms. The predicted octanol–water partition coefficient (Wildman–Crippen LogP) is 2.64. The van der Waals surface area contributed by atoms with Gasteiger partial charge in [-0.3, -0.25) is 4.98 Å². The molecule has 20 heavy (non-hydrogen) atoms. The molecule has 0 unspecified atom stereocenters. The normalized spacial score (nSPS) is 10.8. The number of aromatic hydroxyl groups is 1. The van der Waals surface area contributed by atoms with E-state index in [4.69, 9.17) is 5.11 Å². The number of carbonyl (C=O) groups is 1. The SMILES string of the molecule is Cn1cc(-c2cc(C(=O)O)ccn2)c2c(O)cccc21. The van der Waals surface area contributed by atoms with E-state index >= 15 is 0 Å². The van der Waals surface area contributed by atoms with Crippen LogP contribution >= 0.6 is 0 Å². The monoisotopic (exact) mass is 268 g/mol. The third-order valence-electron chi connectivity index (χ3n) is 3.28. The number of phenolic OH excluding ortho intramolecular Hbond substituents is 1. The van der Waals surface area contributed by atoms with Crippen LogP contribution in [-0.4, -0.2) is 25.7 Å². The van der Waals surface area contributed by atoms with Crippen molar-refractivity contribution in [2.75, 3.05) is 0 Å². The first-order chi connectivity index (χ1) is 9.58. The number of hydrogen-bond donors (Lipinski definition) is 2. The Balaban J connectivity index is 2.30. The summed E-state index contributed by atoms with van der Waals surface area (Å²) in [5, 5.41) is 19.8. The Kier molecular flexibility index (Phi) is 2.68. The molecule has 2 N–H and O–H groups in total. The van der Waals surface area contributed by atoms with Crippen LogP contribution in [0.25, 0.3) is 22.2 Å². The topological polar surface area (TPSA) is 75.4 Å². The highest BCUT2D eigenvalue weighted by atomic mass is 16.4. The average molecular weight is 268 g/mol. The number of nitrogens with zero attached hydrogens (tertiary/aromatic N) is 2. The molecule has 0 saturated carbocycles. The fraction of sp³-hybridized carbons (Fsp3) is 0.0667. The average Bonchev–Trinajstić information content (AvgIpc) is 2.78. The molecule has 0 spiro atoms. The minimum Gasteiger partial charge on any atom is -0.507 e. The van der Waals surface area contributed by atoms with E-state index < -0.39 is 5.97 Å². The van der Waals surface area contributed by atoms with Crippen molar-refractivity contribution in [3.8, 4) is 17.0 Å². The van der Waals surface area contributed by atoms with Gasteiger partial charge in [0.2, 0.25) is 0 Å². The Morgan fingerprint density at radius 2 is 2.10 bits per heavy atom. The summed E-state index contributed by atoms with van der Waals surface area (Å²) in [7, 11) is 1.87. The molecule has 2 heterocycles. The second kappa shape index (κ2) is 4.38. The number of fused-ring (bicyclic) bond motifs is 1. The van der Waals surface area contributed by atoms with E-state index in [0.717, 1.165) is 5.52 Å². The Bertz CT molecular complexity index is 821. The number of rotatable bonds is 2. The van der Waals surface area contributed by atoms with Crippen molar-refractivity contribution in [2.24, 2.45) is 7.05 Å². The Hall–Kier alpha value is -2.82. The molecule has 1 aromatic carbocycles. The van der Waals surface area contributed by atoms with Crippen molar-refractivity contribution in [3.63, 3.8) is 0 Å². The second-order valence-electron chi connectivity index (χ2n) is 4.56. The molecule has 2 aromatic heterocycles. The van der Waals surface area contributed by atoms with Crippen LogP contribution in [0.3, 0.4) is 0 Å². The molecular formula is C15H12N2O3. The molecule has 3 rings (SSSR count). The molecule has 0 bridgehead atoms. The van der Waals surface area contributed by atoms with Crippen LogP contribution in [0.2, 0.25) is 0 Å². The van der Waals surface area contributed by atoms with Gasteiger partial charge in [-0.15, -0.1) is 0 Å². The van der Waals surface area contributed by atoms with Gasteiger partial charge in [0.05, 0.1) is 22.2 Å². The van der Waals surface area contributed by atoms with Crippen molar-refractivity contribution < 1.29 is 15.0 Å². The lowest BCUT2D eigenvalue weighted by Crippen LogP contribution is -1.97. The van der Waals surface area contributed by atoms with Crippen LogP contribution in [-0.2, 0) is 7.05 Å². The summed E-state index contributed by atoms with van der Waals surface area (Å²) < 4.78 is 1.87. The van der Waals surface area contributed by atoms with Gasteiger partial charge in [-0.25, -0.2) is 4.79 Å². The first-order valence-electron chi connectivity index (χ1n) is 6.04. The molecule has 0 atom stereocenters. The fourth-order valence-electron chi connectivity index (χ4n) is 2.33.